The lowest BCUT2D eigenvalue weighted by Gasteiger charge is -2.27. The molecule has 0 saturated carbocycles. The average molecular weight is 191 g/mol. The van der Waals surface area contributed by atoms with Crippen molar-refractivity contribution in [2.24, 2.45) is 5.92 Å². The molecule has 1 fully saturated rings. The van der Waals surface area contributed by atoms with Crippen LogP contribution in [0, 0.1) is 5.92 Å². The van der Waals surface area contributed by atoms with Gasteiger partial charge in [0.15, 0.2) is 0 Å². The second kappa shape index (κ2) is 4.88. The summed E-state index contributed by atoms with van der Waals surface area (Å²) in [5, 5.41) is 9.12. The van der Waals surface area contributed by atoms with Crippen LogP contribution in [0.5, 0.6) is 0 Å². The van der Waals surface area contributed by atoms with E-state index in [0.717, 1.165) is 6.61 Å². The third kappa shape index (κ3) is 2.90. The third-order valence-electron chi connectivity index (χ3n) is 2.57. The molecule has 3 unspecified atom stereocenters. The summed E-state index contributed by atoms with van der Waals surface area (Å²) >= 11 is 0. The maximum Gasteiger partial charge on any atom is 0.117 e. The van der Waals surface area contributed by atoms with Crippen LogP contribution in [0.1, 0.15) is 6.92 Å². The van der Waals surface area contributed by atoms with Gasteiger partial charge < -0.3 is 9.84 Å². The number of nitrogens with zero attached hydrogens (tertiary/aromatic N) is 1. The van der Waals surface area contributed by atoms with E-state index in [9.17, 15) is 4.39 Å². The number of hydrogen-bond donors (Lipinski definition) is 1. The Labute approximate surface area is 78.5 Å². The Kier molecular flexibility index (Phi) is 4.09. The van der Waals surface area contributed by atoms with E-state index in [1.54, 1.807) is 0 Å². The predicted octanol–water partition coefficient (Wildman–Crippen LogP) is 0.283. The first kappa shape index (κ1) is 10.9. The lowest BCUT2D eigenvalue weighted by atomic mass is 10.1. The molecule has 0 aromatic carbocycles. The molecule has 0 radical (unpaired) electrons. The maximum atomic E-state index is 12.0. The lowest BCUT2D eigenvalue weighted by molar-refractivity contribution is 0.0733. The first-order valence-electron chi connectivity index (χ1n) is 4.67. The summed E-state index contributed by atoms with van der Waals surface area (Å²) in [6.07, 6.45) is -0.863. The zero-order chi connectivity index (χ0) is 9.84. The molecule has 0 amide bonds. The second-order valence-electron chi connectivity index (χ2n) is 3.83. The van der Waals surface area contributed by atoms with Crippen LogP contribution in [0.15, 0.2) is 0 Å². The molecule has 0 spiro atoms. The van der Waals surface area contributed by atoms with Crippen LogP contribution in [0.2, 0.25) is 0 Å². The highest BCUT2D eigenvalue weighted by Crippen LogP contribution is 2.17. The SMILES string of the molecule is CC1COCC1N(C)CC(O)CF. The Morgan fingerprint density at radius 1 is 1.62 bits per heavy atom. The van der Waals surface area contributed by atoms with Crippen molar-refractivity contribution in [3.05, 3.63) is 0 Å². The fraction of sp³-hybridized carbons (Fsp3) is 1.00. The Bertz CT molecular complexity index is 157. The zero-order valence-corrected chi connectivity index (χ0v) is 8.24. The molecule has 78 valence electrons. The summed E-state index contributed by atoms with van der Waals surface area (Å²) in [4.78, 5) is 1.97. The van der Waals surface area contributed by atoms with Gasteiger partial charge in [0.05, 0.1) is 19.3 Å². The molecule has 0 aliphatic carbocycles. The molecule has 1 heterocycles. The van der Waals surface area contributed by atoms with Crippen LogP contribution >= 0.6 is 0 Å². The van der Waals surface area contributed by atoms with Crippen LogP contribution in [0.4, 0.5) is 4.39 Å². The minimum atomic E-state index is -0.863. The van der Waals surface area contributed by atoms with Gasteiger partial charge in [-0.3, -0.25) is 4.90 Å². The van der Waals surface area contributed by atoms with Gasteiger partial charge in [0.2, 0.25) is 0 Å². The van der Waals surface area contributed by atoms with Crippen molar-refractivity contribution in [3.8, 4) is 0 Å². The van der Waals surface area contributed by atoms with Crippen LogP contribution < -0.4 is 0 Å². The van der Waals surface area contributed by atoms with Crippen molar-refractivity contribution in [1.29, 1.82) is 0 Å². The predicted molar refractivity (Wildman–Crippen MR) is 48.4 cm³/mol. The van der Waals surface area contributed by atoms with E-state index < -0.39 is 12.8 Å². The monoisotopic (exact) mass is 191 g/mol. The summed E-state index contributed by atoms with van der Waals surface area (Å²) in [6.45, 7) is 3.27. The van der Waals surface area contributed by atoms with Gasteiger partial charge in [-0.05, 0) is 13.0 Å². The highest BCUT2D eigenvalue weighted by Gasteiger charge is 2.28. The van der Waals surface area contributed by atoms with Gasteiger partial charge in [0.1, 0.15) is 6.67 Å². The molecule has 1 rings (SSSR count). The van der Waals surface area contributed by atoms with Gasteiger partial charge in [-0.2, -0.15) is 0 Å². The van der Waals surface area contributed by atoms with Gasteiger partial charge in [0, 0.05) is 12.6 Å². The van der Waals surface area contributed by atoms with E-state index in [1.165, 1.54) is 0 Å². The topological polar surface area (TPSA) is 32.7 Å². The number of halogens is 1. The Hall–Kier alpha value is -0.190. The van der Waals surface area contributed by atoms with Crippen LogP contribution in [-0.2, 0) is 4.74 Å². The van der Waals surface area contributed by atoms with Crippen LogP contribution in [0.25, 0.3) is 0 Å². The molecule has 3 nitrogen and oxygen atoms in total. The van der Waals surface area contributed by atoms with Gasteiger partial charge in [0.25, 0.3) is 0 Å². The Morgan fingerprint density at radius 2 is 2.31 bits per heavy atom. The third-order valence-corrected chi connectivity index (χ3v) is 2.57. The first-order chi connectivity index (χ1) is 6.15. The fourth-order valence-electron chi connectivity index (χ4n) is 1.73. The quantitative estimate of drug-likeness (QED) is 0.693. The number of aliphatic hydroxyl groups excluding tert-OH is 1. The zero-order valence-electron chi connectivity index (χ0n) is 8.24. The summed E-state index contributed by atoms with van der Waals surface area (Å²) in [6, 6.07) is 0.321. The van der Waals surface area contributed by atoms with Gasteiger partial charge in [-0.1, -0.05) is 6.92 Å². The lowest BCUT2D eigenvalue weighted by Crippen LogP contribution is -2.41. The number of alkyl halides is 1. The number of likely N-dealkylation sites (N-methyl/N-ethyl adjacent to an activating group) is 1. The molecule has 1 N–H and O–H groups in total. The maximum absolute atomic E-state index is 12.0. The minimum absolute atomic E-state index is 0.321. The second-order valence-corrected chi connectivity index (χ2v) is 3.83. The first-order valence-corrected chi connectivity index (χ1v) is 4.67. The smallest absolute Gasteiger partial charge is 0.117 e. The number of hydrogen-bond acceptors (Lipinski definition) is 3. The highest BCUT2D eigenvalue weighted by molar-refractivity contribution is 4.80. The average Bonchev–Trinajstić information content (AvgIpc) is 2.51. The molecule has 1 aliphatic rings. The van der Waals surface area contributed by atoms with E-state index in [4.69, 9.17) is 9.84 Å². The summed E-state index contributed by atoms with van der Waals surface area (Å²) in [5.41, 5.74) is 0. The van der Waals surface area contributed by atoms with Crippen molar-refractivity contribution in [2.75, 3.05) is 33.5 Å². The van der Waals surface area contributed by atoms with E-state index in [0.29, 0.717) is 25.1 Å². The van der Waals surface area contributed by atoms with Crippen LogP contribution in [0.3, 0.4) is 0 Å². The Morgan fingerprint density at radius 3 is 2.77 bits per heavy atom. The summed E-state index contributed by atoms with van der Waals surface area (Å²) in [5.74, 6) is 0.469. The molecule has 0 aromatic heterocycles. The summed E-state index contributed by atoms with van der Waals surface area (Å²) < 4.78 is 17.3. The van der Waals surface area contributed by atoms with Crippen molar-refractivity contribution >= 4 is 0 Å². The molecule has 0 bridgehead atoms. The largest absolute Gasteiger partial charge is 0.389 e. The number of rotatable bonds is 4. The molecule has 4 heteroatoms. The van der Waals surface area contributed by atoms with Crippen LogP contribution in [-0.4, -0.2) is 55.6 Å². The van der Waals surface area contributed by atoms with E-state index >= 15 is 0 Å². The van der Waals surface area contributed by atoms with E-state index in [-0.39, 0.29) is 0 Å². The van der Waals surface area contributed by atoms with Gasteiger partial charge >= 0.3 is 0 Å². The minimum Gasteiger partial charge on any atom is -0.389 e. The molecule has 3 atom stereocenters. The van der Waals surface area contributed by atoms with Crippen molar-refractivity contribution in [2.45, 2.75) is 19.1 Å². The summed E-state index contributed by atoms with van der Waals surface area (Å²) in [7, 11) is 1.90. The Balaban J connectivity index is 2.33. The van der Waals surface area contributed by atoms with Crippen molar-refractivity contribution in [1.82, 2.24) is 4.90 Å². The normalized spacial score (nSPS) is 31.2. The van der Waals surface area contributed by atoms with Crippen molar-refractivity contribution < 1.29 is 14.2 Å². The van der Waals surface area contributed by atoms with Gasteiger partial charge in [-0.15, -0.1) is 0 Å². The molecule has 0 aromatic rings. The van der Waals surface area contributed by atoms with E-state index in [2.05, 4.69) is 6.92 Å². The molecule has 1 saturated heterocycles. The molecular formula is C9H18FNO2. The van der Waals surface area contributed by atoms with Crippen molar-refractivity contribution in [3.63, 3.8) is 0 Å². The molecule has 13 heavy (non-hydrogen) atoms. The highest BCUT2D eigenvalue weighted by atomic mass is 19.1. The number of aliphatic hydroxyl groups is 1. The standard InChI is InChI=1S/C9H18FNO2/c1-7-5-13-6-9(7)11(2)4-8(12)3-10/h7-9,12H,3-6H2,1-2H3. The molecular weight excluding hydrogens is 173 g/mol. The number of ether oxygens (including phenoxy) is 1. The van der Waals surface area contributed by atoms with E-state index in [1.807, 2.05) is 11.9 Å². The van der Waals surface area contributed by atoms with Gasteiger partial charge in [-0.25, -0.2) is 4.39 Å². The fourth-order valence-corrected chi connectivity index (χ4v) is 1.73. The molecule has 1 aliphatic heterocycles.